The molecular weight excluding hydrogens is 352 g/mol. The molecule has 1 fully saturated rings. The van der Waals surface area contributed by atoms with Crippen LogP contribution in [-0.2, 0) is 4.74 Å². The molecule has 1 unspecified atom stereocenters. The third kappa shape index (κ3) is 4.21. The number of ether oxygens (including phenoxy) is 2. The van der Waals surface area contributed by atoms with Crippen molar-refractivity contribution in [3.63, 3.8) is 0 Å². The number of anilines is 1. The van der Waals surface area contributed by atoms with E-state index >= 15 is 0 Å². The first-order chi connectivity index (χ1) is 13.7. The molecule has 142 valence electrons. The molecule has 4 rings (SSSR count). The van der Waals surface area contributed by atoms with Crippen LogP contribution in [0.3, 0.4) is 0 Å². The van der Waals surface area contributed by atoms with Gasteiger partial charge in [0.1, 0.15) is 12.1 Å². The zero-order chi connectivity index (χ0) is 19.3. The third-order valence-corrected chi connectivity index (χ3v) is 4.53. The summed E-state index contributed by atoms with van der Waals surface area (Å²) in [5.41, 5.74) is 3.72. The van der Waals surface area contributed by atoms with Crippen molar-refractivity contribution in [2.24, 2.45) is 0 Å². The van der Waals surface area contributed by atoms with Crippen LogP contribution in [0, 0.1) is 11.8 Å². The average molecular weight is 374 g/mol. The second kappa shape index (κ2) is 8.24. The largest absolute Gasteiger partial charge is 0.473 e. The van der Waals surface area contributed by atoms with E-state index in [0.29, 0.717) is 29.3 Å². The molecule has 0 N–H and O–H groups in total. The lowest BCUT2D eigenvalue weighted by Crippen LogP contribution is -2.17. The zero-order valence-electron chi connectivity index (χ0n) is 16.1. The number of hydrogen-bond acceptors (Lipinski definition) is 6. The van der Waals surface area contributed by atoms with E-state index in [9.17, 15) is 0 Å². The van der Waals surface area contributed by atoms with Crippen LogP contribution < -0.4 is 9.64 Å². The first-order valence-corrected chi connectivity index (χ1v) is 9.35. The predicted molar refractivity (Wildman–Crippen MR) is 109 cm³/mol. The second-order valence-corrected chi connectivity index (χ2v) is 6.86. The lowest BCUT2D eigenvalue weighted by Gasteiger charge is -2.12. The summed E-state index contributed by atoms with van der Waals surface area (Å²) in [6, 6.07) is 11.7. The van der Waals surface area contributed by atoms with Crippen molar-refractivity contribution in [3.8, 4) is 17.7 Å². The summed E-state index contributed by atoms with van der Waals surface area (Å²) in [4.78, 5) is 15.5. The fraction of sp³-hybridized carbons (Fsp3) is 0.318. The van der Waals surface area contributed by atoms with Gasteiger partial charge in [-0.25, -0.2) is 15.0 Å². The monoisotopic (exact) mass is 374 g/mol. The summed E-state index contributed by atoms with van der Waals surface area (Å²) in [7, 11) is 4.01. The van der Waals surface area contributed by atoms with E-state index in [1.54, 1.807) is 6.20 Å². The molecule has 0 amide bonds. The Morgan fingerprint density at radius 3 is 2.93 bits per heavy atom. The van der Waals surface area contributed by atoms with Gasteiger partial charge in [0.2, 0.25) is 5.88 Å². The van der Waals surface area contributed by atoms with Crippen molar-refractivity contribution in [1.82, 2.24) is 15.0 Å². The maximum Gasteiger partial charge on any atom is 0.249 e. The van der Waals surface area contributed by atoms with Crippen molar-refractivity contribution in [1.29, 1.82) is 0 Å². The van der Waals surface area contributed by atoms with Gasteiger partial charge in [-0.05, 0) is 49.1 Å². The minimum absolute atomic E-state index is 0.101. The summed E-state index contributed by atoms with van der Waals surface area (Å²) in [5.74, 6) is 6.71. The highest BCUT2D eigenvalue weighted by Crippen LogP contribution is 2.20. The summed E-state index contributed by atoms with van der Waals surface area (Å²) >= 11 is 0. The Labute approximate surface area is 164 Å². The highest BCUT2D eigenvalue weighted by molar-refractivity contribution is 5.71. The van der Waals surface area contributed by atoms with E-state index in [1.807, 2.05) is 55.4 Å². The predicted octanol–water partition coefficient (Wildman–Crippen LogP) is 3.05. The molecule has 1 aromatic carbocycles. The van der Waals surface area contributed by atoms with Crippen LogP contribution in [0.15, 0.2) is 42.6 Å². The Hall–Kier alpha value is -3.17. The molecule has 6 nitrogen and oxygen atoms in total. The lowest BCUT2D eigenvalue weighted by atomic mass is 10.2. The van der Waals surface area contributed by atoms with E-state index in [1.165, 1.54) is 0 Å². The van der Waals surface area contributed by atoms with E-state index in [-0.39, 0.29) is 6.10 Å². The molecule has 0 aliphatic carbocycles. The number of pyridine rings is 1. The van der Waals surface area contributed by atoms with Gasteiger partial charge in [0.05, 0.1) is 6.10 Å². The fourth-order valence-electron chi connectivity index (χ4n) is 3.00. The van der Waals surface area contributed by atoms with E-state index in [0.717, 1.165) is 30.7 Å². The minimum atomic E-state index is 0.101. The molecular formula is C22H22N4O2. The van der Waals surface area contributed by atoms with E-state index in [4.69, 9.17) is 9.47 Å². The van der Waals surface area contributed by atoms with Crippen LogP contribution >= 0.6 is 0 Å². The molecule has 3 heterocycles. The topological polar surface area (TPSA) is 60.4 Å². The molecule has 28 heavy (non-hydrogen) atoms. The van der Waals surface area contributed by atoms with Gasteiger partial charge in [0.25, 0.3) is 0 Å². The maximum atomic E-state index is 5.94. The first-order valence-electron chi connectivity index (χ1n) is 9.35. The minimum Gasteiger partial charge on any atom is -0.473 e. The molecule has 1 atom stereocenters. The highest BCUT2D eigenvalue weighted by atomic mass is 16.5. The SMILES string of the molecule is CN(C)c1cccc(C#Cc2nc3ncccc3nc2OCC2CCCO2)c1. The smallest absolute Gasteiger partial charge is 0.249 e. The first kappa shape index (κ1) is 18.2. The number of aromatic nitrogens is 3. The second-order valence-electron chi connectivity index (χ2n) is 6.86. The summed E-state index contributed by atoms with van der Waals surface area (Å²) in [6.45, 7) is 1.24. The maximum absolute atomic E-state index is 5.94. The Kier molecular flexibility index (Phi) is 5.36. The molecule has 1 aliphatic heterocycles. The number of benzene rings is 1. The van der Waals surface area contributed by atoms with Gasteiger partial charge in [-0.15, -0.1) is 0 Å². The summed E-state index contributed by atoms with van der Waals surface area (Å²) in [5, 5.41) is 0. The molecule has 6 heteroatoms. The van der Waals surface area contributed by atoms with Gasteiger partial charge < -0.3 is 14.4 Å². The number of fused-ring (bicyclic) bond motifs is 1. The van der Waals surface area contributed by atoms with Crippen LogP contribution in [-0.4, -0.2) is 48.4 Å². The van der Waals surface area contributed by atoms with Gasteiger partial charge in [0.15, 0.2) is 11.3 Å². The van der Waals surface area contributed by atoms with Gasteiger partial charge in [-0.3, -0.25) is 0 Å². The van der Waals surface area contributed by atoms with Crippen molar-refractivity contribution < 1.29 is 9.47 Å². The van der Waals surface area contributed by atoms with Crippen LogP contribution in [0.4, 0.5) is 5.69 Å². The molecule has 1 aliphatic rings. The highest BCUT2D eigenvalue weighted by Gasteiger charge is 2.18. The number of hydrogen-bond donors (Lipinski definition) is 0. The van der Waals surface area contributed by atoms with Gasteiger partial charge >= 0.3 is 0 Å². The van der Waals surface area contributed by atoms with Crippen LogP contribution in [0.2, 0.25) is 0 Å². The Morgan fingerprint density at radius 2 is 2.11 bits per heavy atom. The molecule has 3 aromatic rings. The van der Waals surface area contributed by atoms with Crippen molar-refractivity contribution in [2.75, 3.05) is 32.2 Å². The van der Waals surface area contributed by atoms with Gasteiger partial charge in [-0.2, -0.15) is 0 Å². The van der Waals surface area contributed by atoms with Gasteiger partial charge in [0, 0.05) is 38.1 Å². The standard InChI is InChI=1S/C22H22N4O2/c1-26(2)17-7-3-6-16(14-17)10-11-20-22(28-15-18-8-5-13-27-18)25-19-9-4-12-23-21(19)24-20/h3-4,6-7,9,12,14,18H,5,8,13,15H2,1-2H3. The molecule has 0 radical (unpaired) electrons. The van der Waals surface area contributed by atoms with Gasteiger partial charge in [-0.1, -0.05) is 12.0 Å². The Bertz CT molecular complexity index is 1030. The molecule has 0 spiro atoms. The zero-order valence-corrected chi connectivity index (χ0v) is 16.1. The molecule has 2 aromatic heterocycles. The van der Waals surface area contributed by atoms with Crippen LogP contribution in [0.25, 0.3) is 11.2 Å². The third-order valence-electron chi connectivity index (χ3n) is 4.53. The van der Waals surface area contributed by atoms with Crippen molar-refractivity contribution >= 4 is 16.9 Å². The van der Waals surface area contributed by atoms with Crippen molar-refractivity contribution in [2.45, 2.75) is 18.9 Å². The average Bonchev–Trinajstić information content (AvgIpc) is 3.24. The number of nitrogens with zero attached hydrogens (tertiary/aromatic N) is 4. The fourth-order valence-corrected chi connectivity index (χ4v) is 3.00. The summed E-state index contributed by atoms with van der Waals surface area (Å²) < 4.78 is 11.6. The normalized spacial score (nSPS) is 15.9. The summed E-state index contributed by atoms with van der Waals surface area (Å²) in [6.07, 6.45) is 3.86. The van der Waals surface area contributed by atoms with Crippen LogP contribution in [0.5, 0.6) is 5.88 Å². The Morgan fingerprint density at radius 1 is 1.18 bits per heavy atom. The van der Waals surface area contributed by atoms with Crippen LogP contribution in [0.1, 0.15) is 24.1 Å². The Balaban J connectivity index is 1.66. The molecule has 1 saturated heterocycles. The number of rotatable bonds is 4. The molecule has 0 saturated carbocycles. The van der Waals surface area contributed by atoms with E-state index < -0.39 is 0 Å². The lowest BCUT2D eigenvalue weighted by molar-refractivity contribution is 0.0662. The van der Waals surface area contributed by atoms with E-state index in [2.05, 4.69) is 26.8 Å². The van der Waals surface area contributed by atoms with Crippen molar-refractivity contribution in [3.05, 3.63) is 53.9 Å². The molecule has 0 bridgehead atoms. The quantitative estimate of drug-likeness (QED) is 0.654.